The van der Waals surface area contributed by atoms with Crippen LogP contribution in [-0.2, 0) is 13.0 Å². The highest BCUT2D eigenvalue weighted by Crippen LogP contribution is 2.45. The van der Waals surface area contributed by atoms with E-state index in [1.807, 2.05) is 14.1 Å². The van der Waals surface area contributed by atoms with Crippen LogP contribution >= 0.6 is 0 Å². The molecule has 28 heavy (non-hydrogen) atoms. The van der Waals surface area contributed by atoms with Crippen molar-refractivity contribution in [1.82, 2.24) is 15.4 Å². The molecule has 0 amide bonds. The highest BCUT2D eigenvalue weighted by molar-refractivity contribution is 5.84. The Balaban J connectivity index is 1.53. The Bertz CT molecular complexity index is 792. The van der Waals surface area contributed by atoms with Gasteiger partial charge in [-0.25, -0.2) is 0 Å². The van der Waals surface area contributed by atoms with Crippen LogP contribution in [0.15, 0.2) is 16.7 Å². The smallest absolute Gasteiger partial charge is 0.175 e. The first-order valence-corrected chi connectivity index (χ1v) is 10.6. The molecule has 2 N–H and O–H groups in total. The predicted molar refractivity (Wildman–Crippen MR) is 110 cm³/mol. The van der Waals surface area contributed by atoms with E-state index in [4.69, 9.17) is 9.26 Å². The standard InChI is InChI=1S/C22H33N3O3/c1-25(2)13-18-20(27-15-22(14-26)9-10-22)6-4-17-19(24-28-21(17)18)5-3-16-7-11-23-12-8-16/h4,6,16,23,26H,3,5,7-15H2,1-2H3. The van der Waals surface area contributed by atoms with Gasteiger partial charge in [0.2, 0.25) is 0 Å². The number of nitrogens with one attached hydrogen (secondary N) is 1. The topological polar surface area (TPSA) is 70.8 Å². The molecule has 0 bridgehead atoms. The molecule has 1 saturated heterocycles. The van der Waals surface area contributed by atoms with E-state index in [9.17, 15) is 5.11 Å². The molecule has 2 aromatic rings. The summed E-state index contributed by atoms with van der Waals surface area (Å²) < 4.78 is 12.0. The van der Waals surface area contributed by atoms with Crippen LogP contribution in [0.3, 0.4) is 0 Å². The van der Waals surface area contributed by atoms with E-state index in [0.717, 1.165) is 72.8 Å². The van der Waals surface area contributed by atoms with Crippen molar-refractivity contribution in [2.45, 2.75) is 45.1 Å². The number of hydrogen-bond acceptors (Lipinski definition) is 6. The lowest BCUT2D eigenvalue weighted by molar-refractivity contribution is 0.145. The first-order valence-electron chi connectivity index (χ1n) is 10.6. The van der Waals surface area contributed by atoms with Gasteiger partial charge in [-0.2, -0.15) is 0 Å². The van der Waals surface area contributed by atoms with Crippen LogP contribution in [0, 0.1) is 11.3 Å². The third kappa shape index (κ3) is 4.34. The molecule has 154 valence electrons. The van der Waals surface area contributed by atoms with Crippen molar-refractivity contribution in [3.63, 3.8) is 0 Å². The van der Waals surface area contributed by atoms with Crippen molar-refractivity contribution in [3.05, 3.63) is 23.4 Å². The van der Waals surface area contributed by atoms with Gasteiger partial charge in [0.1, 0.15) is 5.75 Å². The number of nitrogens with zero attached hydrogens (tertiary/aromatic N) is 2. The second-order valence-electron chi connectivity index (χ2n) is 8.96. The predicted octanol–water partition coefficient (Wildman–Crippen LogP) is 2.97. The van der Waals surface area contributed by atoms with Crippen molar-refractivity contribution in [2.75, 3.05) is 40.4 Å². The normalized spacial score (nSPS) is 19.4. The van der Waals surface area contributed by atoms with Gasteiger partial charge in [-0.15, -0.1) is 0 Å². The number of ether oxygens (including phenoxy) is 1. The maximum atomic E-state index is 9.57. The summed E-state index contributed by atoms with van der Waals surface area (Å²) >= 11 is 0. The minimum atomic E-state index is -0.0359. The molecule has 6 nitrogen and oxygen atoms in total. The molecule has 0 spiro atoms. The lowest BCUT2D eigenvalue weighted by Gasteiger charge is -2.22. The van der Waals surface area contributed by atoms with Crippen LogP contribution in [0.4, 0.5) is 0 Å². The lowest BCUT2D eigenvalue weighted by Crippen LogP contribution is -2.27. The number of rotatable bonds is 9. The summed E-state index contributed by atoms with van der Waals surface area (Å²) in [5.41, 5.74) is 2.93. The van der Waals surface area contributed by atoms with Gasteiger partial charge in [0.25, 0.3) is 0 Å². The van der Waals surface area contributed by atoms with E-state index in [0.29, 0.717) is 6.61 Å². The quantitative estimate of drug-likeness (QED) is 0.689. The molecule has 4 rings (SSSR count). The van der Waals surface area contributed by atoms with Crippen LogP contribution < -0.4 is 10.1 Å². The van der Waals surface area contributed by atoms with Crippen molar-refractivity contribution in [1.29, 1.82) is 0 Å². The van der Waals surface area contributed by atoms with Crippen LogP contribution in [0.5, 0.6) is 5.75 Å². The van der Waals surface area contributed by atoms with Crippen molar-refractivity contribution in [2.24, 2.45) is 11.3 Å². The molecule has 2 fully saturated rings. The molecular weight excluding hydrogens is 354 g/mol. The Labute approximate surface area is 167 Å². The molecule has 1 aromatic carbocycles. The highest BCUT2D eigenvalue weighted by Gasteiger charge is 2.43. The number of aliphatic hydroxyl groups excluding tert-OH is 1. The molecule has 6 heteroatoms. The monoisotopic (exact) mass is 387 g/mol. The van der Waals surface area contributed by atoms with Gasteiger partial charge in [-0.1, -0.05) is 5.16 Å². The van der Waals surface area contributed by atoms with Crippen LogP contribution in [0.25, 0.3) is 11.0 Å². The average molecular weight is 388 g/mol. The molecule has 1 aliphatic heterocycles. The van der Waals surface area contributed by atoms with Crippen LogP contribution in [-0.4, -0.2) is 55.6 Å². The third-order valence-corrected chi connectivity index (χ3v) is 6.32. The summed E-state index contributed by atoms with van der Waals surface area (Å²) in [6.07, 6.45) is 6.73. The largest absolute Gasteiger partial charge is 0.492 e. The van der Waals surface area contributed by atoms with Crippen LogP contribution in [0.2, 0.25) is 0 Å². The minimum absolute atomic E-state index is 0.0359. The number of fused-ring (bicyclic) bond motifs is 1. The summed E-state index contributed by atoms with van der Waals surface area (Å²) in [5, 5.41) is 18.5. The van der Waals surface area contributed by atoms with Crippen molar-refractivity contribution < 1.29 is 14.4 Å². The fraction of sp³-hybridized carbons (Fsp3) is 0.682. The molecule has 2 aliphatic rings. The second kappa shape index (κ2) is 8.39. The Kier molecular flexibility index (Phi) is 5.90. The maximum Gasteiger partial charge on any atom is 0.175 e. The first kappa shape index (κ1) is 19.7. The third-order valence-electron chi connectivity index (χ3n) is 6.32. The van der Waals surface area contributed by atoms with E-state index in [-0.39, 0.29) is 12.0 Å². The highest BCUT2D eigenvalue weighted by atomic mass is 16.5. The Morgan fingerprint density at radius 2 is 2.07 bits per heavy atom. The molecule has 2 heterocycles. The molecule has 0 radical (unpaired) electrons. The van der Waals surface area contributed by atoms with E-state index >= 15 is 0 Å². The Hall–Kier alpha value is -1.63. The van der Waals surface area contributed by atoms with Gasteiger partial charge >= 0.3 is 0 Å². The Morgan fingerprint density at radius 3 is 2.75 bits per heavy atom. The maximum absolute atomic E-state index is 9.57. The summed E-state index contributed by atoms with van der Waals surface area (Å²) in [5.74, 6) is 1.63. The molecule has 1 saturated carbocycles. The zero-order chi connectivity index (χ0) is 19.6. The van der Waals surface area contributed by atoms with E-state index < -0.39 is 0 Å². The molecule has 0 unspecified atom stereocenters. The number of benzene rings is 1. The Morgan fingerprint density at radius 1 is 1.29 bits per heavy atom. The number of hydrogen-bond donors (Lipinski definition) is 2. The van der Waals surface area contributed by atoms with Crippen molar-refractivity contribution >= 4 is 11.0 Å². The van der Waals surface area contributed by atoms with Gasteiger partial charge < -0.3 is 24.6 Å². The molecule has 1 aliphatic carbocycles. The number of aryl methyl sites for hydroxylation is 1. The minimum Gasteiger partial charge on any atom is -0.492 e. The number of aromatic nitrogens is 1. The molecule has 0 atom stereocenters. The summed E-state index contributed by atoms with van der Waals surface area (Å²) in [6, 6.07) is 4.15. The molecule has 1 aromatic heterocycles. The lowest BCUT2D eigenvalue weighted by atomic mass is 9.92. The average Bonchev–Trinajstić information content (AvgIpc) is 3.37. The van der Waals surface area contributed by atoms with Crippen molar-refractivity contribution in [3.8, 4) is 5.75 Å². The van der Waals surface area contributed by atoms with Gasteiger partial charge in [0, 0.05) is 17.3 Å². The fourth-order valence-electron chi connectivity index (χ4n) is 4.14. The van der Waals surface area contributed by atoms with E-state index in [1.165, 1.54) is 19.3 Å². The SMILES string of the molecule is CN(C)Cc1c(OCC2(CO)CC2)ccc2c(CCC3CCNCC3)noc12. The number of aliphatic hydroxyl groups is 1. The second-order valence-corrected chi connectivity index (χ2v) is 8.96. The van der Waals surface area contributed by atoms with Gasteiger partial charge in [-0.3, -0.25) is 0 Å². The summed E-state index contributed by atoms with van der Waals surface area (Å²) in [6.45, 7) is 3.76. The van der Waals surface area contributed by atoms with Gasteiger partial charge in [0.15, 0.2) is 5.58 Å². The fourth-order valence-corrected chi connectivity index (χ4v) is 4.14. The summed E-state index contributed by atoms with van der Waals surface area (Å²) in [4.78, 5) is 2.12. The van der Waals surface area contributed by atoms with Crippen LogP contribution in [0.1, 0.15) is 43.4 Å². The van der Waals surface area contributed by atoms with Gasteiger partial charge in [0.05, 0.1) is 24.5 Å². The van der Waals surface area contributed by atoms with E-state index in [2.05, 4.69) is 27.5 Å². The zero-order valence-corrected chi connectivity index (χ0v) is 17.2. The zero-order valence-electron chi connectivity index (χ0n) is 17.2. The van der Waals surface area contributed by atoms with Gasteiger partial charge in [-0.05, 0) is 83.8 Å². The summed E-state index contributed by atoms with van der Waals surface area (Å²) in [7, 11) is 4.10. The van der Waals surface area contributed by atoms with E-state index in [1.54, 1.807) is 0 Å². The molecular formula is C22H33N3O3. The number of piperidine rings is 1. The first-order chi connectivity index (χ1) is 13.6.